The lowest BCUT2D eigenvalue weighted by Gasteiger charge is -2.31. The first-order valence-electron chi connectivity index (χ1n) is 8.19. The minimum absolute atomic E-state index is 0.0215. The molecule has 1 N–H and O–H groups in total. The van der Waals surface area contributed by atoms with Gasteiger partial charge in [-0.05, 0) is 38.8 Å². The van der Waals surface area contributed by atoms with E-state index < -0.39 is 0 Å². The quantitative estimate of drug-likeness (QED) is 0.777. The molecule has 3 heterocycles. The molecule has 3 aliphatic heterocycles. The highest BCUT2D eigenvalue weighted by Gasteiger charge is 2.31. The van der Waals surface area contributed by atoms with Gasteiger partial charge in [0.1, 0.15) is 0 Å². The second-order valence-corrected chi connectivity index (χ2v) is 6.27. The minimum Gasteiger partial charge on any atom is -0.395 e. The van der Waals surface area contributed by atoms with Gasteiger partial charge in [-0.1, -0.05) is 0 Å². The monoisotopic (exact) mass is 284 g/mol. The Hall–Kier alpha value is -0.200. The summed E-state index contributed by atoms with van der Waals surface area (Å²) >= 11 is 0. The molecule has 0 aromatic heterocycles. The predicted octanol–water partition coefficient (Wildman–Crippen LogP) is 0.671. The number of hydrogen-bond donors (Lipinski definition) is 1. The zero-order valence-corrected chi connectivity index (χ0v) is 12.4. The van der Waals surface area contributed by atoms with E-state index in [1.807, 2.05) is 0 Å². The number of ether oxygens (including phenoxy) is 2. The maximum absolute atomic E-state index is 9.43. The van der Waals surface area contributed by atoms with Crippen molar-refractivity contribution in [3.8, 4) is 0 Å². The molecule has 0 aromatic rings. The fourth-order valence-electron chi connectivity index (χ4n) is 3.85. The molecule has 0 aromatic carbocycles. The Morgan fingerprint density at radius 2 is 1.65 bits per heavy atom. The molecule has 0 aliphatic carbocycles. The van der Waals surface area contributed by atoms with E-state index in [1.54, 1.807) is 0 Å². The van der Waals surface area contributed by atoms with E-state index in [4.69, 9.17) is 9.47 Å². The van der Waals surface area contributed by atoms with Crippen molar-refractivity contribution in [1.82, 2.24) is 9.80 Å². The normalized spacial score (nSPS) is 33.5. The number of rotatable bonds is 6. The van der Waals surface area contributed by atoms with Gasteiger partial charge in [0.15, 0.2) is 6.29 Å². The van der Waals surface area contributed by atoms with Crippen LogP contribution in [-0.4, -0.2) is 79.3 Å². The van der Waals surface area contributed by atoms with Crippen LogP contribution in [0.1, 0.15) is 32.1 Å². The van der Waals surface area contributed by atoms with E-state index in [-0.39, 0.29) is 6.29 Å². The summed E-state index contributed by atoms with van der Waals surface area (Å²) in [5, 5.41) is 9.43. The average molecular weight is 284 g/mol. The summed E-state index contributed by atoms with van der Waals surface area (Å²) in [6.45, 7) is 6.38. The number of likely N-dealkylation sites (tertiary alicyclic amines) is 2. The lowest BCUT2D eigenvalue weighted by Crippen LogP contribution is -2.44. The van der Waals surface area contributed by atoms with E-state index in [0.29, 0.717) is 18.7 Å². The number of nitrogens with zero attached hydrogens (tertiary/aromatic N) is 2. The van der Waals surface area contributed by atoms with Crippen molar-refractivity contribution in [2.75, 3.05) is 46.0 Å². The topological polar surface area (TPSA) is 45.2 Å². The first kappa shape index (κ1) is 14.7. The molecule has 0 spiro atoms. The van der Waals surface area contributed by atoms with Gasteiger partial charge in [0, 0.05) is 31.6 Å². The second-order valence-electron chi connectivity index (χ2n) is 6.27. The van der Waals surface area contributed by atoms with Crippen molar-refractivity contribution in [2.24, 2.45) is 0 Å². The Balaban J connectivity index is 1.45. The SMILES string of the molecule is OC[C@@H]1CCCN1C[C@H]1CCCN1CCC1OCCO1. The smallest absolute Gasteiger partial charge is 0.159 e. The van der Waals surface area contributed by atoms with Crippen molar-refractivity contribution in [3.05, 3.63) is 0 Å². The molecule has 0 saturated carbocycles. The van der Waals surface area contributed by atoms with Crippen molar-refractivity contribution < 1.29 is 14.6 Å². The number of aliphatic hydroxyl groups excluding tert-OH is 1. The van der Waals surface area contributed by atoms with Gasteiger partial charge in [-0.15, -0.1) is 0 Å². The molecule has 0 bridgehead atoms. The maximum Gasteiger partial charge on any atom is 0.159 e. The van der Waals surface area contributed by atoms with Crippen molar-refractivity contribution in [3.63, 3.8) is 0 Å². The van der Waals surface area contributed by atoms with Crippen molar-refractivity contribution in [2.45, 2.75) is 50.5 Å². The molecule has 3 aliphatic rings. The third-order valence-electron chi connectivity index (χ3n) is 5.00. The Morgan fingerprint density at radius 3 is 2.40 bits per heavy atom. The molecule has 20 heavy (non-hydrogen) atoms. The van der Waals surface area contributed by atoms with E-state index in [0.717, 1.165) is 45.7 Å². The van der Waals surface area contributed by atoms with Crippen LogP contribution in [0.4, 0.5) is 0 Å². The molecule has 5 nitrogen and oxygen atoms in total. The molecule has 3 rings (SSSR count). The molecule has 3 fully saturated rings. The van der Waals surface area contributed by atoms with E-state index in [2.05, 4.69) is 9.80 Å². The summed E-state index contributed by atoms with van der Waals surface area (Å²) in [7, 11) is 0. The van der Waals surface area contributed by atoms with Gasteiger partial charge in [-0.3, -0.25) is 9.80 Å². The van der Waals surface area contributed by atoms with Crippen molar-refractivity contribution in [1.29, 1.82) is 0 Å². The maximum atomic E-state index is 9.43. The van der Waals surface area contributed by atoms with Gasteiger partial charge < -0.3 is 14.6 Å². The summed E-state index contributed by atoms with van der Waals surface area (Å²) in [4.78, 5) is 5.09. The zero-order chi connectivity index (χ0) is 13.8. The Labute approximate surface area is 121 Å². The fraction of sp³-hybridized carbons (Fsp3) is 1.00. The molecular weight excluding hydrogens is 256 g/mol. The van der Waals surface area contributed by atoms with Gasteiger partial charge in [0.05, 0.1) is 19.8 Å². The molecule has 116 valence electrons. The third-order valence-corrected chi connectivity index (χ3v) is 5.00. The zero-order valence-electron chi connectivity index (χ0n) is 12.4. The average Bonchev–Trinajstić information content (AvgIpc) is 3.19. The fourth-order valence-corrected chi connectivity index (χ4v) is 3.85. The summed E-state index contributed by atoms with van der Waals surface area (Å²) in [5.41, 5.74) is 0. The van der Waals surface area contributed by atoms with Gasteiger partial charge in [-0.2, -0.15) is 0 Å². The van der Waals surface area contributed by atoms with Crippen LogP contribution in [0.15, 0.2) is 0 Å². The van der Waals surface area contributed by atoms with Crippen LogP contribution in [0.2, 0.25) is 0 Å². The molecule has 0 radical (unpaired) electrons. The Bertz CT molecular complexity index is 297. The van der Waals surface area contributed by atoms with Crippen LogP contribution in [0.5, 0.6) is 0 Å². The predicted molar refractivity (Wildman–Crippen MR) is 76.6 cm³/mol. The van der Waals surface area contributed by atoms with Crippen LogP contribution in [-0.2, 0) is 9.47 Å². The molecule has 5 heteroatoms. The van der Waals surface area contributed by atoms with Crippen LogP contribution in [0, 0.1) is 0 Å². The van der Waals surface area contributed by atoms with Crippen LogP contribution in [0.3, 0.4) is 0 Å². The highest BCUT2D eigenvalue weighted by atomic mass is 16.7. The van der Waals surface area contributed by atoms with Crippen LogP contribution in [0.25, 0.3) is 0 Å². The largest absolute Gasteiger partial charge is 0.395 e. The highest BCUT2D eigenvalue weighted by molar-refractivity contribution is 4.87. The van der Waals surface area contributed by atoms with E-state index in [1.165, 1.54) is 25.8 Å². The number of aliphatic hydroxyl groups is 1. The van der Waals surface area contributed by atoms with Gasteiger partial charge in [0.2, 0.25) is 0 Å². The third kappa shape index (κ3) is 3.52. The minimum atomic E-state index is 0.0215. The Kier molecular flexibility index (Phi) is 5.29. The molecule has 0 unspecified atom stereocenters. The summed E-state index contributed by atoms with van der Waals surface area (Å²) < 4.78 is 11.0. The lowest BCUT2D eigenvalue weighted by atomic mass is 10.2. The van der Waals surface area contributed by atoms with Gasteiger partial charge in [0.25, 0.3) is 0 Å². The summed E-state index contributed by atoms with van der Waals surface area (Å²) in [6, 6.07) is 1.06. The van der Waals surface area contributed by atoms with Gasteiger partial charge in [-0.25, -0.2) is 0 Å². The second kappa shape index (κ2) is 7.18. The highest BCUT2D eigenvalue weighted by Crippen LogP contribution is 2.24. The number of hydrogen-bond acceptors (Lipinski definition) is 5. The molecule has 3 saturated heterocycles. The standard InChI is InChI=1S/C15H28N2O3/c18-12-14-4-2-7-17(14)11-13-3-1-6-16(13)8-5-15-19-9-10-20-15/h13-15,18H,1-12H2/t13-,14+/m1/s1. The van der Waals surface area contributed by atoms with Crippen LogP contribution >= 0.6 is 0 Å². The summed E-state index contributed by atoms with van der Waals surface area (Å²) in [5.74, 6) is 0. The lowest BCUT2D eigenvalue weighted by molar-refractivity contribution is -0.0525. The Morgan fingerprint density at radius 1 is 0.950 bits per heavy atom. The van der Waals surface area contributed by atoms with Crippen LogP contribution < -0.4 is 0 Å². The molecular formula is C15H28N2O3. The van der Waals surface area contributed by atoms with Crippen molar-refractivity contribution >= 4 is 0 Å². The summed E-state index contributed by atoms with van der Waals surface area (Å²) in [6.07, 6.45) is 6.00. The molecule has 0 amide bonds. The van der Waals surface area contributed by atoms with E-state index in [9.17, 15) is 5.11 Å². The first-order chi connectivity index (χ1) is 9.86. The first-order valence-corrected chi connectivity index (χ1v) is 8.19. The van der Waals surface area contributed by atoms with Gasteiger partial charge >= 0.3 is 0 Å². The van der Waals surface area contributed by atoms with E-state index >= 15 is 0 Å². The molecule has 2 atom stereocenters.